The Labute approximate surface area is 78.6 Å². The summed E-state index contributed by atoms with van der Waals surface area (Å²) in [4.78, 5) is 10.9. The van der Waals surface area contributed by atoms with E-state index in [0.29, 0.717) is 6.54 Å². The van der Waals surface area contributed by atoms with E-state index in [0.717, 1.165) is 12.8 Å². The smallest absolute Gasteiger partial charge is 0.235 e. The number of hydrogen-bond donors (Lipinski definition) is 2. The largest absolute Gasteiger partial charge is 0.350 e. The minimum Gasteiger partial charge on any atom is -0.350 e. The summed E-state index contributed by atoms with van der Waals surface area (Å²) in [5.41, 5.74) is 5.17. The van der Waals surface area contributed by atoms with E-state index in [1.807, 2.05) is 13.8 Å². The maximum Gasteiger partial charge on any atom is 0.235 e. The predicted molar refractivity (Wildman–Crippen MR) is 51.2 cm³/mol. The zero-order chi connectivity index (χ0) is 9.61. The Bertz CT molecular complexity index is 148. The van der Waals surface area contributed by atoms with Crippen LogP contribution in [-0.4, -0.2) is 23.9 Å². The third-order valence-corrected chi connectivity index (χ3v) is 1.85. The molecule has 0 aliphatic rings. The van der Waals surface area contributed by atoms with Crippen LogP contribution in [0.2, 0.25) is 0 Å². The van der Waals surface area contributed by atoms with Crippen LogP contribution >= 0.6 is 11.6 Å². The van der Waals surface area contributed by atoms with Crippen molar-refractivity contribution < 1.29 is 4.79 Å². The molecule has 3 nitrogen and oxygen atoms in total. The van der Waals surface area contributed by atoms with Gasteiger partial charge in [-0.2, -0.15) is 0 Å². The molecule has 4 heteroatoms. The standard InChI is InChI=1S/C8H17ClN2O/c1-8(2,4-3-5-10)11-7(12)6-9/h3-6,10H2,1-2H3,(H,11,12). The molecule has 12 heavy (non-hydrogen) atoms. The van der Waals surface area contributed by atoms with Crippen molar-refractivity contribution in [2.24, 2.45) is 5.73 Å². The van der Waals surface area contributed by atoms with Crippen molar-refractivity contribution in [3.63, 3.8) is 0 Å². The molecule has 0 saturated carbocycles. The number of carbonyl (C=O) groups is 1. The number of rotatable bonds is 5. The average molecular weight is 193 g/mol. The zero-order valence-corrected chi connectivity index (χ0v) is 8.45. The van der Waals surface area contributed by atoms with Crippen LogP contribution in [0.25, 0.3) is 0 Å². The summed E-state index contributed by atoms with van der Waals surface area (Å²) < 4.78 is 0. The maximum absolute atomic E-state index is 10.9. The van der Waals surface area contributed by atoms with Crippen molar-refractivity contribution >= 4 is 17.5 Å². The molecule has 1 amide bonds. The van der Waals surface area contributed by atoms with E-state index in [2.05, 4.69) is 5.32 Å². The Morgan fingerprint density at radius 3 is 2.58 bits per heavy atom. The molecule has 0 aromatic heterocycles. The maximum atomic E-state index is 10.9. The minimum absolute atomic E-state index is 0.0199. The zero-order valence-electron chi connectivity index (χ0n) is 7.69. The van der Waals surface area contributed by atoms with E-state index in [1.54, 1.807) is 0 Å². The normalized spacial score (nSPS) is 11.3. The summed E-state index contributed by atoms with van der Waals surface area (Å²) in [6, 6.07) is 0. The molecule has 3 N–H and O–H groups in total. The fourth-order valence-corrected chi connectivity index (χ4v) is 1.08. The van der Waals surface area contributed by atoms with Crippen molar-refractivity contribution in [2.75, 3.05) is 12.4 Å². The van der Waals surface area contributed by atoms with Gasteiger partial charge in [0.1, 0.15) is 5.88 Å². The number of nitrogens with one attached hydrogen (secondary N) is 1. The fraction of sp³-hybridized carbons (Fsp3) is 0.875. The SMILES string of the molecule is CC(C)(CCCN)NC(=O)CCl. The summed E-state index contributed by atoms with van der Waals surface area (Å²) in [5.74, 6) is -0.106. The molecule has 0 aromatic carbocycles. The number of nitrogens with two attached hydrogens (primary N) is 1. The lowest BCUT2D eigenvalue weighted by atomic mass is 9.98. The number of halogens is 1. The first-order chi connectivity index (χ1) is 5.52. The molecule has 0 aliphatic carbocycles. The number of amides is 1. The second kappa shape index (κ2) is 5.38. The van der Waals surface area contributed by atoms with E-state index in [4.69, 9.17) is 17.3 Å². The van der Waals surface area contributed by atoms with E-state index in [-0.39, 0.29) is 17.3 Å². The number of alkyl halides is 1. The van der Waals surface area contributed by atoms with Gasteiger partial charge in [0.2, 0.25) is 5.91 Å². The topological polar surface area (TPSA) is 55.1 Å². The van der Waals surface area contributed by atoms with Gasteiger partial charge in [-0.25, -0.2) is 0 Å². The monoisotopic (exact) mass is 192 g/mol. The number of hydrogen-bond acceptors (Lipinski definition) is 2. The third-order valence-electron chi connectivity index (χ3n) is 1.61. The summed E-state index contributed by atoms with van der Waals surface area (Å²) >= 11 is 5.36. The molecule has 0 fully saturated rings. The molecular formula is C8H17ClN2O. The molecule has 0 saturated heterocycles. The molecule has 0 heterocycles. The van der Waals surface area contributed by atoms with E-state index in [1.165, 1.54) is 0 Å². The Hall–Kier alpha value is -0.280. The Kier molecular flexibility index (Phi) is 5.25. The van der Waals surface area contributed by atoms with Gasteiger partial charge in [-0.3, -0.25) is 4.79 Å². The van der Waals surface area contributed by atoms with Gasteiger partial charge in [0.05, 0.1) is 0 Å². The van der Waals surface area contributed by atoms with Gasteiger partial charge in [0.15, 0.2) is 0 Å². The Balaban J connectivity index is 3.77. The molecule has 0 rings (SSSR count). The molecule has 72 valence electrons. The first kappa shape index (κ1) is 11.7. The van der Waals surface area contributed by atoms with Crippen LogP contribution in [-0.2, 0) is 4.79 Å². The molecule has 0 atom stereocenters. The Morgan fingerprint density at radius 1 is 1.58 bits per heavy atom. The van der Waals surface area contributed by atoms with E-state index in [9.17, 15) is 4.79 Å². The lowest BCUT2D eigenvalue weighted by Gasteiger charge is -2.25. The van der Waals surface area contributed by atoms with Crippen LogP contribution in [0.1, 0.15) is 26.7 Å². The first-order valence-corrected chi connectivity index (χ1v) is 4.62. The van der Waals surface area contributed by atoms with Crippen molar-refractivity contribution in [2.45, 2.75) is 32.2 Å². The second-order valence-electron chi connectivity index (χ2n) is 3.46. The molecular weight excluding hydrogens is 176 g/mol. The molecule has 0 spiro atoms. The first-order valence-electron chi connectivity index (χ1n) is 4.09. The lowest BCUT2D eigenvalue weighted by molar-refractivity contribution is -0.120. The highest BCUT2D eigenvalue weighted by molar-refractivity contribution is 6.27. The molecule has 0 aromatic rings. The quantitative estimate of drug-likeness (QED) is 0.635. The van der Waals surface area contributed by atoms with Crippen LogP contribution in [0.4, 0.5) is 0 Å². The van der Waals surface area contributed by atoms with Crippen LogP contribution in [0.3, 0.4) is 0 Å². The van der Waals surface area contributed by atoms with Crippen LogP contribution in [0.5, 0.6) is 0 Å². The minimum atomic E-state index is -0.189. The van der Waals surface area contributed by atoms with E-state index >= 15 is 0 Å². The molecule has 0 radical (unpaired) electrons. The van der Waals surface area contributed by atoms with Crippen molar-refractivity contribution in [3.05, 3.63) is 0 Å². The Morgan fingerprint density at radius 2 is 2.17 bits per heavy atom. The van der Waals surface area contributed by atoms with E-state index < -0.39 is 0 Å². The summed E-state index contributed by atoms with van der Waals surface area (Å²) in [6.07, 6.45) is 1.79. The second-order valence-corrected chi connectivity index (χ2v) is 3.73. The van der Waals surface area contributed by atoms with Gasteiger partial charge >= 0.3 is 0 Å². The third kappa shape index (κ3) is 5.38. The van der Waals surface area contributed by atoms with Crippen LogP contribution in [0.15, 0.2) is 0 Å². The predicted octanol–water partition coefficient (Wildman–Crippen LogP) is 0.859. The summed E-state index contributed by atoms with van der Waals surface area (Å²) in [7, 11) is 0. The highest BCUT2D eigenvalue weighted by Crippen LogP contribution is 2.10. The number of carbonyl (C=O) groups excluding carboxylic acids is 1. The fourth-order valence-electron chi connectivity index (χ4n) is 1.02. The van der Waals surface area contributed by atoms with Gasteiger partial charge in [0, 0.05) is 5.54 Å². The molecule has 0 bridgehead atoms. The summed E-state index contributed by atoms with van der Waals surface area (Å²) in [5, 5.41) is 2.81. The lowest BCUT2D eigenvalue weighted by Crippen LogP contribution is -2.44. The summed E-state index contributed by atoms with van der Waals surface area (Å²) in [6.45, 7) is 4.58. The van der Waals surface area contributed by atoms with Gasteiger partial charge < -0.3 is 11.1 Å². The van der Waals surface area contributed by atoms with Crippen molar-refractivity contribution in [3.8, 4) is 0 Å². The van der Waals surface area contributed by atoms with Gasteiger partial charge in [-0.15, -0.1) is 11.6 Å². The average Bonchev–Trinajstić information content (AvgIpc) is 2.00. The van der Waals surface area contributed by atoms with Gasteiger partial charge in [0.25, 0.3) is 0 Å². The highest BCUT2D eigenvalue weighted by Gasteiger charge is 2.18. The van der Waals surface area contributed by atoms with Gasteiger partial charge in [-0.1, -0.05) is 0 Å². The molecule has 0 unspecified atom stereocenters. The van der Waals surface area contributed by atoms with Crippen LogP contribution in [0, 0.1) is 0 Å². The van der Waals surface area contributed by atoms with Gasteiger partial charge in [-0.05, 0) is 33.2 Å². The molecule has 0 aliphatic heterocycles. The highest BCUT2D eigenvalue weighted by atomic mass is 35.5. The van der Waals surface area contributed by atoms with Crippen LogP contribution < -0.4 is 11.1 Å². The van der Waals surface area contributed by atoms with Crippen molar-refractivity contribution in [1.29, 1.82) is 0 Å². The van der Waals surface area contributed by atoms with Crippen molar-refractivity contribution in [1.82, 2.24) is 5.32 Å².